The van der Waals surface area contributed by atoms with Crippen molar-refractivity contribution in [1.82, 2.24) is 10.3 Å². The molecule has 0 spiro atoms. The summed E-state index contributed by atoms with van der Waals surface area (Å²) in [6, 6.07) is 3.44. The maximum Gasteiger partial charge on any atom is 0.130 e. The number of thiazole rings is 1. The average molecular weight is 254 g/mol. The molecule has 0 fully saturated rings. The van der Waals surface area contributed by atoms with Gasteiger partial charge < -0.3 is 5.32 Å². The number of aromatic nitrogens is 1. The first-order chi connectivity index (χ1) is 8.16. The molecule has 1 atom stereocenters. The monoisotopic (exact) mass is 254 g/mol. The van der Waals surface area contributed by atoms with Gasteiger partial charge in [-0.2, -0.15) is 0 Å². The van der Waals surface area contributed by atoms with Crippen molar-refractivity contribution >= 4 is 11.3 Å². The number of hydrogen-bond acceptors (Lipinski definition) is 3. The third-order valence-electron chi connectivity index (χ3n) is 2.50. The summed E-state index contributed by atoms with van der Waals surface area (Å²) in [7, 11) is 0. The Morgan fingerprint density at radius 1 is 1.41 bits per heavy atom. The predicted octanol–water partition coefficient (Wildman–Crippen LogP) is 3.27. The van der Waals surface area contributed by atoms with Gasteiger partial charge in [0.1, 0.15) is 11.6 Å². The van der Waals surface area contributed by atoms with E-state index in [0.717, 1.165) is 11.8 Å². The summed E-state index contributed by atoms with van der Waals surface area (Å²) >= 11 is 1.52. The Morgan fingerprint density at radius 3 is 2.88 bits per heavy atom. The van der Waals surface area contributed by atoms with Gasteiger partial charge in [-0.15, -0.1) is 11.3 Å². The molecule has 5 heteroatoms. The van der Waals surface area contributed by atoms with Crippen LogP contribution in [0.25, 0.3) is 0 Å². The highest BCUT2D eigenvalue weighted by molar-refractivity contribution is 7.07. The van der Waals surface area contributed by atoms with Crippen LogP contribution in [0.1, 0.15) is 24.2 Å². The molecule has 1 heterocycles. The van der Waals surface area contributed by atoms with Crippen LogP contribution in [0.2, 0.25) is 0 Å². The van der Waals surface area contributed by atoms with Gasteiger partial charge in [0.05, 0.1) is 11.2 Å². The van der Waals surface area contributed by atoms with E-state index in [1.165, 1.54) is 23.5 Å². The van der Waals surface area contributed by atoms with E-state index < -0.39 is 11.6 Å². The molecule has 0 amide bonds. The molecule has 0 aliphatic carbocycles. The molecule has 2 nitrogen and oxygen atoms in total. The molecular formula is C12H12F2N2S. The van der Waals surface area contributed by atoms with Gasteiger partial charge in [0, 0.05) is 29.6 Å². The zero-order valence-corrected chi connectivity index (χ0v) is 10.1. The summed E-state index contributed by atoms with van der Waals surface area (Å²) in [6.07, 6.45) is 0. The van der Waals surface area contributed by atoms with E-state index in [0.29, 0.717) is 12.1 Å². The Hall–Kier alpha value is -1.33. The third-order valence-corrected chi connectivity index (χ3v) is 3.14. The molecule has 0 aliphatic heterocycles. The van der Waals surface area contributed by atoms with Crippen molar-refractivity contribution in [2.75, 3.05) is 0 Å². The zero-order chi connectivity index (χ0) is 12.3. The van der Waals surface area contributed by atoms with E-state index in [9.17, 15) is 8.78 Å². The lowest BCUT2D eigenvalue weighted by Crippen LogP contribution is -2.19. The number of benzene rings is 1. The van der Waals surface area contributed by atoms with Crippen molar-refractivity contribution in [1.29, 1.82) is 0 Å². The SMILES string of the molecule is CC(NCc1cscn1)c1ccc(F)cc1F. The summed E-state index contributed by atoms with van der Waals surface area (Å²) in [6.45, 7) is 2.41. The summed E-state index contributed by atoms with van der Waals surface area (Å²) in [4.78, 5) is 4.12. The molecule has 1 unspecified atom stereocenters. The van der Waals surface area contributed by atoms with Gasteiger partial charge in [0.2, 0.25) is 0 Å². The highest BCUT2D eigenvalue weighted by Gasteiger charge is 2.11. The number of nitrogens with one attached hydrogen (secondary N) is 1. The van der Waals surface area contributed by atoms with Crippen molar-refractivity contribution < 1.29 is 8.78 Å². The van der Waals surface area contributed by atoms with Crippen molar-refractivity contribution in [2.24, 2.45) is 0 Å². The maximum absolute atomic E-state index is 13.5. The van der Waals surface area contributed by atoms with Gasteiger partial charge in [-0.3, -0.25) is 0 Å². The topological polar surface area (TPSA) is 24.9 Å². The van der Waals surface area contributed by atoms with E-state index in [4.69, 9.17) is 0 Å². The van der Waals surface area contributed by atoms with Crippen LogP contribution in [-0.4, -0.2) is 4.98 Å². The summed E-state index contributed by atoms with van der Waals surface area (Å²) < 4.78 is 26.2. The molecule has 0 bridgehead atoms. The van der Waals surface area contributed by atoms with Crippen LogP contribution in [0.3, 0.4) is 0 Å². The van der Waals surface area contributed by atoms with Crippen LogP contribution in [0.5, 0.6) is 0 Å². The molecule has 1 N–H and O–H groups in total. The summed E-state index contributed by atoms with van der Waals surface area (Å²) in [5.41, 5.74) is 3.13. The largest absolute Gasteiger partial charge is 0.304 e. The average Bonchev–Trinajstić information content (AvgIpc) is 2.78. The Labute approximate surface area is 102 Å². The smallest absolute Gasteiger partial charge is 0.130 e. The molecule has 1 aromatic carbocycles. The standard InChI is InChI=1S/C12H12F2N2S/c1-8(15-5-10-6-17-7-16-10)11-3-2-9(13)4-12(11)14/h2-4,6-8,15H,5H2,1H3. The first kappa shape index (κ1) is 12.1. The van der Waals surface area contributed by atoms with Crippen LogP contribution < -0.4 is 5.32 Å². The Morgan fingerprint density at radius 2 is 2.24 bits per heavy atom. The second kappa shape index (κ2) is 5.33. The first-order valence-electron chi connectivity index (χ1n) is 5.22. The van der Waals surface area contributed by atoms with Gasteiger partial charge in [-0.25, -0.2) is 13.8 Å². The van der Waals surface area contributed by atoms with Crippen molar-refractivity contribution in [3.05, 3.63) is 52.0 Å². The summed E-state index contributed by atoms with van der Waals surface area (Å²) in [5.74, 6) is -1.08. The van der Waals surface area contributed by atoms with Crippen molar-refractivity contribution in [3.63, 3.8) is 0 Å². The Kier molecular flexibility index (Phi) is 3.81. The second-order valence-electron chi connectivity index (χ2n) is 3.75. The fourth-order valence-corrected chi connectivity index (χ4v) is 2.10. The highest BCUT2D eigenvalue weighted by atomic mass is 32.1. The lowest BCUT2D eigenvalue weighted by atomic mass is 10.1. The van der Waals surface area contributed by atoms with E-state index in [2.05, 4.69) is 10.3 Å². The minimum atomic E-state index is -0.557. The third kappa shape index (κ3) is 3.08. The second-order valence-corrected chi connectivity index (χ2v) is 4.47. The molecule has 90 valence electrons. The molecular weight excluding hydrogens is 242 g/mol. The van der Waals surface area contributed by atoms with Crippen molar-refractivity contribution in [2.45, 2.75) is 19.5 Å². The van der Waals surface area contributed by atoms with Crippen molar-refractivity contribution in [3.8, 4) is 0 Å². The Balaban J connectivity index is 2.01. The van der Waals surface area contributed by atoms with Gasteiger partial charge in [0.15, 0.2) is 0 Å². The number of hydrogen-bond donors (Lipinski definition) is 1. The first-order valence-corrected chi connectivity index (χ1v) is 6.16. The zero-order valence-electron chi connectivity index (χ0n) is 9.28. The van der Waals surface area contributed by atoms with Gasteiger partial charge in [-0.1, -0.05) is 6.07 Å². The number of nitrogens with zero attached hydrogens (tertiary/aromatic N) is 1. The molecule has 1 aromatic heterocycles. The van der Waals surface area contributed by atoms with Gasteiger partial charge >= 0.3 is 0 Å². The van der Waals surface area contributed by atoms with Crippen LogP contribution in [-0.2, 0) is 6.54 Å². The Bertz CT molecular complexity index is 485. The van der Waals surface area contributed by atoms with E-state index in [1.807, 2.05) is 12.3 Å². The lowest BCUT2D eigenvalue weighted by Gasteiger charge is -2.14. The van der Waals surface area contributed by atoms with E-state index in [-0.39, 0.29) is 6.04 Å². The van der Waals surface area contributed by atoms with Crippen LogP contribution in [0.4, 0.5) is 8.78 Å². The lowest BCUT2D eigenvalue weighted by molar-refractivity contribution is 0.515. The molecule has 0 saturated carbocycles. The minimum absolute atomic E-state index is 0.183. The van der Waals surface area contributed by atoms with Gasteiger partial charge in [-0.05, 0) is 13.0 Å². The maximum atomic E-state index is 13.5. The molecule has 17 heavy (non-hydrogen) atoms. The molecule has 0 saturated heterocycles. The normalized spacial score (nSPS) is 12.6. The molecule has 2 aromatic rings. The van der Waals surface area contributed by atoms with Crippen LogP contribution in [0, 0.1) is 11.6 Å². The molecule has 0 aliphatic rings. The van der Waals surface area contributed by atoms with Crippen LogP contribution >= 0.6 is 11.3 Å². The fraction of sp³-hybridized carbons (Fsp3) is 0.250. The van der Waals surface area contributed by atoms with Crippen LogP contribution in [0.15, 0.2) is 29.1 Å². The number of halogens is 2. The summed E-state index contributed by atoms with van der Waals surface area (Å²) in [5, 5.41) is 5.07. The number of rotatable bonds is 4. The minimum Gasteiger partial charge on any atom is -0.304 e. The van der Waals surface area contributed by atoms with E-state index >= 15 is 0 Å². The van der Waals surface area contributed by atoms with E-state index in [1.54, 1.807) is 5.51 Å². The quantitative estimate of drug-likeness (QED) is 0.905. The fourth-order valence-electron chi connectivity index (χ4n) is 1.55. The predicted molar refractivity (Wildman–Crippen MR) is 63.7 cm³/mol. The molecule has 0 radical (unpaired) electrons. The molecule has 2 rings (SSSR count). The van der Waals surface area contributed by atoms with Gasteiger partial charge in [0.25, 0.3) is 0 Å². The highest BCUT2D eigenvalue weighted by Crippen LogP contribution is 2.18.